The van der Waals surface area contributed by atoms with E-state index in [4.69, 9.17) is 9.84 Å². The molecule has 0 aromatic heterocycles. The predicted octanol–water partition coefficient (Wildman–Crippen LogP) is 0.741. The number of aromatic carboxylic acids is 1. The van der Waals surface area contributed by atoms with Gasteiger partial charge in [0.25, 0.3) is 0 Å². The summed E-state index contributed by atoms with van der Waals surface area (Å²) in [6, 6.07) is 3.94. The average molecular weight is 302 g/mol. The largest absolute Gasteiger partial charge is 0.478 e. The van der Waals surface area contributed by atoms with Gasteiger partial charge in [0.1, 0.15) is 0 Å². The first-order valence-corrected chi connectivity index (χ1v) is 7.50. The van der Waals surface area contributed by atoms with Crippen LogP contribution in [0.3, 0.4) is 0 Å². The Kier molecular flexibility index (Phi) is 5.93. The lowest BCUT2D eigenvalue weighted by atomic mass is 10.2. The molecule has 0 radical (unpaired) electrons. The third kappa shape index (κ3) is 4.19. The molecule has 0 bridgehead atoms. The maximum absolute atomic E-state index is 12.0. The number of methoxy groups -OCH3 is 1. The zero-order valence-electron chi connectivity index (χ0n) is 11.3. The van der Waals surface area contributed by atoms with Gasteiger partial charge in [-0.1, -0.05) is 0 Å². The minimum atomic E-state index is -3.74. The van der Waals surface area contributed by atoms with Gasteiger partial charge in [0.15, 0.2) is 0 Å². The third-order valence-corrected chi connectivity index (χ3v) is 3.96. The topological polar surface area (TPSA) is 105 Å². The van der Waals surface area contributed by atoms with Crippen molar-refractivity contribution in [3.63, 3.8) is 0 Å². The fourth-order valence-corrected chi connectivity index (χ4v) is 2.61. The van der Waals surface area contributed by atoms with Gasteiger partial charge in [-0.25, -0.2) is 17.9 Å². The summed E-state index contributed by atoms with van der Waals surface area (Å²) in [6.45, 7) is 2.72. The van der Waals surface area contributed by atoms with Crippen molar-refractivity contribution < 1.29 is 23.1 Å². The van der Waals surface area contributed by atoms with Crippen LogP contribution in [0.15, 0.2) is 23.1 Å². The van der Waals surface area contributed by atoms with Crippen LogP contribution in [0.25, 0.3) is 0 Å². The van der Waals surface area contributed by atoms with Crippen LogP contribution < -0.4 is 10.0 Å². The summed E-state index contributed by atoms with van der Waals surface area (Å²) in [7, 11) is -2.28. The van der Waals surface area contributed by atoms with E-state index in [9.17, 15) is 13.2 Å². The Morgan fingerprint density at radius 2 is 2.10 bits per heavy atom. The average Bonchev–Trinajstić information content (AvgIpc) is 2.39. The van der Waals surface area contributed by atoms with Gasteiger partial charge in [-0.2, -0.15) is 0 Å². The lowest BCUT2D eigenvalue weighted by Crippen LogP contribution is -2.27. The van der Waals surface area contributed by atoms with E-state index in [-0.39, 0.29) is 23.6 Å². The molecule has 0 saturated carbocycles. The van der Waals surface area contributed by atoms with E-state index in [0.29, 0.717) is 12.2 Å². The highest BCUT2D eigenvalue weighted by Gasteiger charge is 2.18. The number of hydrogen-bond acceptors (Lipinski definition) is 5. The molecule has 0 heterocycles. The number of sulfonamides is 1. The van der Waals surface area contributed by atoms with Crippen LogP contribution in [0.4, 0.5) is 5.69 Å². The standard InChI is InChI=1S/C12H18N2O5S/c1-3-13-11-5-4-9(8-10(11)12(15)16)20(17,18)14-6-7-19-2/h4-5,8,13-14H,3,6-7H2,1-2H3,(H,15,16). The van der Waals surface area contributed by atoms with Crippen LogP contribution in [0, 0.1) is 0 Å². The summed E-state index contributed by atoms with van der Waals surface area (Å²) >= 11 is 0. The van der Waals surface area contributed by atoms with Crippen LogP contribution in [-0.2, 0) is 14.8 Å². The molecule has 3 N–H and O–H groups in total. The first-order valence-electron chi connectivity index (χ1n) is 6.02. The normalized spacial score (nSPS) is 11.3. The van der Waals surface area contributed by atoms with E-state index in [0.717, 1.165) is 6.07 Å². The summed E-state index contributed by atoms with van der Waals surface area (Å²) in [5, 5.41) is 12.0. The van der Waals surface area contributed by atoms with Gasteiger partial charge in [-0.05, 0) is 25.1 Å². The van der Waals surface area contributed by atoms with Crippen molar-refractivity contribution in [1.29, 1.82) is 0 Å². The molecule has 20 heavy (non-hydrogen) atoms. The SMILES string of the molecule is CCNc1ccc(S(=O)(=O)NCCOC)cc1C(=O)O. The van der Waals surface area contributed by atoms with Crippen LogP contribution in [0.5, 0.6) is 0 Å². The highest BCUT2D eigenvalue weighted by molar-refractivity contribution is 7.89. The molecule has 112 valence electrons. The first kappa shape index (κ1) is 16.4. The Morgan fingerprint density at radius 1 is 1.40 bits per heavy atom. The van der Waals surface area contributed by atoms with E-state index in [1.54, 1.807) is 0 Å². The summed E-state index contributed by atoms with van der Waals surface area (Å²) in [5.41, 5.74) is 0.303. The summed E-state index contributed by atoms with van der Waals surface area (Å²) in [5.74, 6) is -1.19. The molecule has 0 amide bonds. The Labute approximate surface area is 118 Å². The minimum absolute atomic E-state index is 0.0820. The molecular weight excluding hydrogens is 284 g/mol. The van der Waals surface area contributed by atoms with E-state index in [1.807, 2.05) is 6.92 Å². The second kappa shape index (κ2) is 7.22. The Bertz CT molecular complexity index is 571. The first-order chi connectivity index (χ1) is 9.42. The highest BCUT2D eigenvalue weighted by Crippen LogP contribution is 2.20. The Hall–Kier alpha value is -1.64. The number of nitrogens with one attached hydrogen (secondary N) is 2. The van der Waals surface area contributed by atoms with E-state index in [2.05, 4.69) is 10.0 Å². The Balaban J connectivity index is 3.07. The van der Waals surface area contributed by atoms with Gasteiger partial charge in [0.05, 0.1) is 17.1 Å². The van der Waals surface area contributed by atoms with E-state index >= 15 is 0 Å². The zero-order valence-corrected chi connectivity index (χ0v) is 12.2. The molecule has 0 aliphatic rings. The molecule has 0 saturated heterocycles. The van der Waals surface area contributed by atoms with Crippen molar-refractivity contribution in [2.24, 2.45) is 0 Å². The summed E-state index contributed by atoms with van der Waals surface area (Å²) < 4.78 is 31.0. The smallest absolute Gasteiger partial charge is 0.337 e. The molecular formula is C12H18N2O5S. The number of hydrogen-bond donors (Lipinski definition) is 3. The summed E-state index contributed by atoms with van der Waals surface area (Å²) in [4.78, 5) is 11.1. The second-order valence-electron chi connectivity index (χ2n) is 3.93. The van der Waals surface area contributed by atoms with Gasteiger partial charge in [0.2, 0.25) is 10.0 Å². The van der Waals surface area contributed by atoms with Gasteiger partial charge in [0, 0.05) is 25.9 Å². The maximum Gasteiger partial charge on any atom is 0.337 e. The van der Waals surface area contributed by atoms with E-state index in [1.165, 1.54) is 19.2 Å². The molecule has 0 aliphatic heterocycles. The molecule has 0 atom stereocenters. The highest BCUT2D eigenvalue weighted by atomic mass is 32.2. The van der Waals surface area contributed by atoms with Gasteiger partial charge < -0.3 is 15.2 Å². The van der Waals surface area contributed by atoms with Crippen LogP contribution in [-0.4, -0.2) is 46.3 Å². The maximum atomic E-state index is 12.0. The van der Waals surface area contributed by atoms with Gasteiger partial charge in [-0.3, -0.25) is 0 Å². The number of ether oxygens (including phenoxy) is 1. The number of anilines is 1. The molecule has 8 heteroatoms. The molecule has 0 unspecified atom stereocenters. The van der Waals surface area contributed by atoms with Gasteiger partial charge in [-0.15, -0.1) is 0 Å². The molecule has 0 fully saturated rings. The Morgan fingerprint density at radius 3 is 2.65 bits per heavy atom. The molecule has 0 spiro atoms. The molecule has 7 nitrogen and oxygen atoms in total. The fourth-order valence-electron chi connectivity index (χ4n) is 1.57. The molecule has 1 rings (SSSR count). The molecule has 1 aromatic rings. The molecule has 1 aromatic carbocycles. The number of carboxylic acids is 1. The second-order valence-corrected chi connectivity index (χ2v) is 5.70. The number of carboxylic acid groups (broad SMARTS) is 1. The van der Waals surface area contributed by atoms with Crippen molar-refractivity contribution in [1.82, 2.24) is 4.72 Å². The minimum Gasteiger partial charge on any atom is -0.478 e. The van der Waals surface area contributed by atoms with Crippen molar-refractivity contribution in [2.75, 3.05) is 32.1 Å². The number of benzene rings is 1. The molecule has 0 aliphatic carbocycles. The van der Waals surface area contributed by atoms with Crippen molar-refractivity contribution in [2.45, 2.75) is 11.8 Å². The fraction of sp³-hybridized carbons (Fsp3) is 0.417. The lowest BCUT2D eigenvalue weighted by molar-refractivity contribution is 0.0697. The third-order valence-electron chi connectivity index (χ3n) is 2.50. The van der Waals surface area contributed by atoms with Crippen LogP contribution in [0.2, 0.25) is 0 Å². The summed E-state index contributed by atoms with van der Waals surface area (Å²) in [6.07, 6.45) is 0. The van der Waals surface area contributed by atoms with Crippen molar-refractivity contribution in [3.8, 4) is 0 Å². The predicted molar refractivity (Wildman–Crippen MR) is 74.6 cm³/mol. The van der Waals surface area contributed by atoms with Crippen LogP contribution >= 0.6 is 0 Å². The number of rotatable bonds is 8. The van der Waals surface area contributed by atoms with Crippen molar-refractivity contribution in [3.05, 3.63) is 23.8 Å². The van der Waals surface area contributed by atoms with Crippen LogP contribution in [0.1, 0.15) is 17.3 Å². The quantitative estimate of drug-likeness (QED) is 0.612. The zero-order chi connectivity index (χ0) is 15.2. The van der Waals surface area contributed by atoms with E-state index < -0.39 is 16.0 Å². The monoisotopic (exact) mass is 302 g/mol. The van der Waals surface area contributed by atoms with Crippen molar-refractivity contribution >= 4 is 21.7 Å². The van der Waals surface area contributed by atoms with Gasteiger partial charge >= 0.3 is 5.97 Å². The number of carbonyl (C=O) groups is 1. The lowest BCUT2D eigenvalue weighted by Gasteiger charge is -2.11.